The lowest BCUT2D eigenvalue weighted by Gasteiger charge is -2.27. The SMILES string of the molecule is CNC(=O)c1ccc(CN=C(N)N2CCCCC2)cc1.I. The Morgan fingerprint density at radius 1 is 1.24 bits per heavy atom. The molecule has 0 aliphatic carbocycles. The summed E-state index contributed by atoms with van der Waals surface area (Å²) in [5, 5.41) is 2.60. The second-order valence-corrected chi connectivity index (χ2v) is 5.00. The summed E-state index contributed by atoms with van der Waals surface area (Å²) < 4.78 is 0. The van der Waals surface area contributed by atoms with Crippen molar-refractivity contribution in [1.82, 2.24) is 10.2 Å². The van der Waals surface area contributed by atoms with Crippen LogP contribution in [0, 0.1) is 0 Å². The smallest absolute Gasteiger partial charge is 0.251 e. The summed E-state index contributed by atoms with van der Waals surface area (Å²) >= 11 is 0. The lowest BCUT2D eigenvalue weighted by atomic mass is 10.1. The summed E-state index contributed by atoms with van der Waals surface area (Å²) in [7, 11) is 1.62. The molecular formula is C15H23IN4O. The van der Waals surface area contributed by atoms with Crippen LogP contribution in [0.25, 0.3) is 0 Å². The average molecular weight is 402 g/mol. The third kappa shape index (κ3) is 5.18. The van der Waals surface area contributed by atoms with Gasteiger partial charge in [0.2, 0.25) is 0 Å². The number of likely N-dealkylation sites (tertiary alicyclic amines) is 1. The first kappa shape index (κ1) is 17.7. The van der Waals surface area contributed by atoms with Gasteiger partial charge in [-0.2, -0.15) is 0 Å². The molecule has 116 valence electrons. The van der Waals surface area contributed by atoms with Gasteiger partial charge in [-0.1, -0.05) is 12.1 Å². The fraction of sp³-hybridized carbons (Fsp3) is 0.467. The van der Waals surface area contributed by atoms with Crippen molar-refractivity contribution in [2.75, 3.05) is 20.1 Å². The van der Waals surface area contributed by atoms with Crippen molar-refractivity contribution in [1.29, 1.82) is 0 Å². The Morgan fingerprint density at radius 2 is 1.86 bits per heavy atom. The fourth-order valence-corrected chi connectivity index (χ4v) is 2.30. The van der Waals surface area contributed by atoms with Crippen molar-refractivity contribution < 1.29 is 4.79 Å². The average Bonchev–Trinajstić information content (AvgIpc) is 2.53. The van der Waals surface area contributed by atoms with Crippen LogP contribution in [0.15, 0.2) is 29.3 Å². The van der Waals surface area contributed by atoms with Gasteiger partial charge < -0.3 is 16.0 Å². The van der Waals surface area contributed by atoms with Crippen molar-refractivity contribution in [3.8, 4) is 0 Å². The molecule has 0 spiro atoms. The first-order valence-corrected chi connectivity index (χ1v) is 7.06. The van der Waals surface area contributed by atoms with Gasteiger partial charge in [0.05, 0.1) is 6.54 Å². The fourth-order valence-electron chi connectivity index (χ4n) is 2.30. The van der Waals surface area contributed by atoms with Gasteiger partial charge in [0.25, 0.3) is 5.91 Å². The van der Waals surface area contributed by atoms with Crippen molar-refractivity contribution >= 4 is 35.8 Å². The highest BCUT2D eigenvalue weighted by molar-refractivity contribution is 14.0. The molecular weight excluding hydrogens is 379 g/mol. The zero-order valence-corrected chi connectivity index (χ0v) is 14.7. The number of piperidine rings is 1. The summed E-state index contributed by atoms with van der Waals surface area (Å²) in [5.74, 6) is 0.549. The lowest BCUT2D eigenvalue weighted by molar-refractivity contribution is 0.0963. The maximum absolute atomic E-state index is 11.4. The van der Waals surface area contributed by atoms with Crippen LogP contribution >= 0.6 is 24.0 Å². The topological polar surface area (TPSA) is 70.7 Å². The second kappa shape index (κ2) is 8.86. The van der Waals surface area contributed by atoms with Crippen LogP contribution < -0.4 is 11.1 Å². The van der Waals surface area contributed by atoms with E-state index in [1.165, 1.54) is 19.3 Å². The van der Waals surface area contributed by atoms with Crippen LogP contribution in [0.4, 0.5) is 0 Å². The zero-order chi connectivity index (χ0) is 14.4. The third-order valence-corrected chi connectivity index (χ3v) is 3.55. The highest BCUT2D eigenvalue weighted by Crippen LogP contribution is 2.09. The lowest BCUT2D eigenvalue weighted by Crippen LogP contribution is -2.40. The summed E-state index contributed by atoms with van der Waals surface area (Å²) in [6.07, 6.45) is 3.67. The molecule has 0 radical (unpaired) electrons. The van der Waals surface area contributed by atoms with Crippen molar-refractivity contribution in [2.24, 2.45) is 10.7 Å². The van der Waals surface area contributed by atoms with Gasteiger partial charge in [-0.05, 0) is 37.0 Å². The van der Waals surface area contributed by atoms with Gasteiger partial charge in [0, 0.05) is 25.7 Å². The number of carbonyl (C=O) groups excluding carboxylic acids is 1. The highest BCUT2D eigenvalue weighted by Gasteiger charge is 2.11. The standard InChI is InChI=1S/C15H22N4O.HI/c1-17-14(20)13-7-5-12(6-8-13)11-18-15(16)19-9-3-2-4-10-19;/h5-8H,2-4,9-11H2,1H3,(H2,16,18)(H,17,20);1H. The van der Waals surface area contributed by atoms with E-state index in [1.807, 2.05) is 12.1 Å². The van der Waals surface area contributed by atoms with E-state index < -0.39 is 0 Å². The minimum Gasteiger partial charge on any atom is -0.370 e. The van der Waals surface area contributed by atoms with E-state index in [0.29, 0.717) is 18.1 Å². The van der Waals surface area contributed by atoms with E-state index >= 15 is 0 Å². The number of carbonyl (C=O) groups is 1. The monoisotopic (exact) mass is 402 g/mol. The molecule has 1 aliphatic heterocycles. The predicted octanol–water partition coefficient (Wildman–Crippen LogP) is 1.96. The Kier molecular flexibility index (Phi) is 7.49. The number of hydrogen-bond donors (Lipinski definition) is 2. The number of halogens is 1. The molecule has 0 saturated carbocycles. The Labute approximate surface area is 143 Å². The van der Waals surface area contributed by atoms with Crippen LogP contribution in [0.1, 0.15) is 35.2 Å². The number of benzene rings is 1. The minimum atomic E-state index is -0.0760. The maximum atomic E-state index is 11.4. The molecule has 1 heterocycles. The zero-order valence-electron chi connectivity index (χ0n) is 12.3. The summed E-state index contributed by atoms with van der Waals surface area (Å²) in [6, 6.07) is 7.44. The number of nitrogens with two attached hydrogens (primary N) is 1. The van der Waals surface area contributed by atoms with Gasteiger partial charge in [-0.15, -0.1) is 24.0 Å². The van der Waals surface area contributed by atoms with E-state index in [4.69, 9.17) is 5.73 Å². The number of guanidine groups is 1. The first-order chi connectivity index (χ1) is 9.70. The molecule has 0 atom stereocenters. The number of hydrogen-bond acceptors (Lipinski definition) is 2. The number of rotatable bonds is 3. The van der Waals surface area contributed by atoms with Gasteiger partial charge >= 0.3 is 0 Å². The molecule has 1 amide bonds. The van der Waals surface area contributed by atoms with E-state index in [-0.39, 0.29) is 29.9 Å². The molecule has 2 rings (SSSR count). The number of nitrogens with zero attached hydrogens (tertiary/aromatic N) is 2. The molecule has 0 bridgehead atoms. The molecule has 5 nitrogen and oxygen atoms in total. The van der Waals surface area contributed by atoms with Crippen molar-refractivity contribution in [2.45, 2.75) is 25.8 Å². The molecule has 1 aromatic rings. The van der Waals surface area contributed by atoms with Gasteiger partial charge in [-0.3, -0.25) is 4.79 Å². The number of nitrogens with one attached hydrogen (secondary N) is 1. The van der Waals surface area contributed by atoms with Crippen LogP contribution in [-0.4, -0.2) is 36.9 Å². The predicted molar refractivity (Wildman–Crippen MR) is 96.0 cm³/mol. The molecule has 0 unspecified atom stereocenters. The van der Waals surface area contributed by atoms with Crippen LogP contribution in [-0.2, 0) is 6.54 Å². The summed E-state index contributed by atoms with van der Waals surface area (Å²) in [4.78, 5) is 18.0. The van der Waals surface area contributed by atoms with E-state index in [1.54, 1.807) is 19.2 Å². The first-order valence-electron chi connectivity index (χ1n) is 7.06. The second-order valence-electron chi connectivity index (χ2n) is 5.00. The maximum Gasteiger partial charge on any atom is 0.251 e. The number of aliphatic imine (C=N–C) groups is 1. The van der Waals surface area contributed by atoms with E-state index in [9.17, 15) is 4.79 Å². The normalized spacial score (nSPS) is 15.3. The molecule has 6 heteroatoms. The largest absolute Gasteiger partial charge is 0.370 e. The summed E-state index contributed by atoms with van der Waals surface area (Å²) in [5.41, 5.74) is 7.72. The molecule has 1 aliphatic rings. The molecule has 1 aromatic carbocycles. The Bertz CT molecular complexity index is 481. The van der Waals surface area contributed by atoms with Crippen LogP contribution in [0.3, 0.4) is 0 Å². The highest BCUT2D eigenvalue weighted by atomic mass is 127. The van der Waals surface area contributed by atoms with Crippen LogP contribution in [0.5, 0.6) is 0 Å². The van der Waals surface area contributed by atoms with Gasteiger partial charge in [-0.25, -0.2) is 4.99 Å². The quantitative estimate of drug-likeness (QED) is 0.462. The molecule has 0 aromatic heterocycles. The number of amides is 1. The molecule has 21 heavy (non-hydrogen) atoms. The van der Waals surface area contributed by atoms with E-state index in [0.717, 1.165) is 18.7 Å². The van der Waals surface area contributed by atoms with Crippen molar-refractivity contribution in [3.05, 3.63) is 35.4 Å². The minimum absolute atomic E-state index is 0. The Hall–Kier alpha value is -1.31. The molecule has 3 N–H and O–H groups in total. The van der Waals surface area contributed by atoms with Gasteiger partial charge in [0.1, 0.15) is 0 Å². The van der Waals surface area contributed by atoms with Crippen molar-refractivity contribution in [3.63, 3.8) is 0 Å². The Balaban J connectivity index is 0.00000220. The Morgan fingerprint density at radius 3 is 2.43 bits per heavy atom. The third-order valence-electron chi connectivity index (χ3n) is 3.55. The molecule has 1 saturated heterocycles. The molecule has 1 fully saturated rings. The van der Waals surface area contributed by atoms with Crippen LogP contribution in [0.2, 0.25) is 0 Å². The summed E-state index contributed by atoms with van der Waals surface area (Å²) in [6.45, 7) is 2.56. The van der Waals surface area contributed by atoms with E-state index in [2.05, 4.69) is 15.2 Å². The van der Waals surface area contributed by atoms with Gasteiger partial charge in [0.15, 0.2) is 5.96 Å².